The average molecular weight is 322 g/mol. The Balaban J connectivity index is 2.70. The van der Waals surface area contributed by atoms with Crippen molar-refractivity contribution < 1.29 is 12.8 Å². The number of nitrogens with one attached hydrogen (secondary N) is 1. The van der Waals surface area contributed by atoms with E-state index in [0.29, 0.717) is 12.5 Å². The van der Waals surface area contributed by atoms with E-state index in [4.69, 9.17) is 4.43 Å². The molecule has 0 aromatic carbocycles. The van der Waals surface area contributed by atoms with Gasteiger partial charge in [-0.15, -0.1) is 0 Å². The topological polar surface area (TPSA) is 55.4 Å². The highest BCUT2D eigenvalue weighted by Crippen LogP contribution is 2.40. The van der Waals surface area contributed by atoms with Crippen LogP contribution in [0.5, 0.6) is 0 Å². The van der Waals surface area contributed by atoms with Gasteiger partial charge in [0.1, 0.15) is 0 Å². The SMILES string of the molecule is CC(C)(C)[Si](C)(C)OC1CCCCC1CNS(C)(=O)=O. The van der Waals surface area contributed by atoms with Crippen molar-refractivity contribution >= 4 is 18.3 Å². The molecule has 1 N–H and O–H groups in total. The van der Waals surface area contributed by atoms with E-state index in [2.05, 4.69) is 38.6 Å². The Morgan fingerprint density at radius 2 is 1.75 bits per heavy atom. The monoisotopic (exact) mass is 321 g/mol. The molecule has 0 bridgehead atoms. The fraction of sp³-hybridized carbons (Fsp3) is 1.00. The lowest BCUT2D eigenvalue weighted by Crippen LogP contribution is -2.48. The van der Waals surface area contributed by atoms with Crippen molar-refractivity contribution in [2.24, 2.45) is 5.92 Å². The molecule has 0 spiro atoms. The van der Waals surface area contributed by atoms with Crippen molar-refractivity contribution in [3.63, 3.8) is 0 Å². The Kier molecular flexibility index (Phi) is 5.86. The minimum atomic E-state index is -3.11. The molecule has 0 aromatic rings. The van der Waals surface area contributed by atoms with Gasteiger partial charge in [-0.2, -0.15) is 0 Å². The summed E-state index contributed by atoms with van der Waals surface area (Å²) < 4.78 is 31.7. The van der Waals surface area contributed by atoms with Gasteiger partial charge in [-0.1, -0.05) is 33.6 Å². The number of sulfonamides is 1. The molecule has 0 aliphatic heterocycles. The molecule has 2 atom stereocenters. The number of hydrogen-bond donors (Lipinski definition) is 1. The number of rotatable bonds is 5. The average Bonchev–Trinajstić information content (AvgIpc) is 2.24. The van der Waals surface area contributed by atoms with Crippen LogP contribution in [0.3, 0.4) is 0 Å². The summed E-state index contributed by atoms with van der Waals surface area (Å²) in [6.45, 7) is 11.8. The summed E-state index contributed by atoms with van der Waals surface area (Å²) in [5.74, 6) is 0.313. The zero-order valence-electron chi connectivity index (χ0n) is 13.8. The molecule has 1 fully saturated rings. The zero-order valence-corrected chi connectivity index (χ0v) is 15.6. The molecule has 1 aliphatic rings. The molecule has 0 heterocycles. The van der Waals surface area contributed by atoms with Crippen LogP contribution >= 0.6 is 0 Å². The molecule has 120 valence electrons. The molecule has 4 nitrogen and oxygen atoms in total. The van der Waals surface area contributed by atoms with Gasteiger partial charge in [0.15, 0.2) is 8.32 Å². The van der Waals surface area contributed by atoms with E-state index < -0.39 is 18.3 Å². The normalized spacial score (nSPS) is 25.7. The van der Waals surface area contributed by atoms with Crippen LogP contribution in [-0.4, -0.2) is 35.6 Å². The molecule has 0 amide bonds. The number of hydrogen-bond acceptors (Lipinski definition) is 3. The lowest BCUT2D eigenvalue weighted by Gasteiger charge is -2.43. The summed E-state index contributed by atoms with van der Waals surface area (Å²) in [5, 5.41) is 0.194. The van der Waals surface area contributed by atoms with Gasteiger partial charge in [-0.25, -0.2) is 13.1 Å². The first-order valence-corrected chi connectivity index (χ1v) is 12.3. The smallest absolute Gasteiger partial charge is 0.208 e. The molecule has 1 rings (SSSR count). The van der Waals surface area contributed by atoms with Gasteiger partial charge in [-0.05, 0) is 36.9 Å². The van der Waals surface area contributed by atoms with E-state index in [1.807, 2.05) is 0 Å². The van der Waals surface area contributed by atoms with Gasteiger partial charge in [0.2, 0.25) is 10.0 Å². The Hall–Kier alpha value is 0.0869. The first-order chi connectivity index (χ1) is 8.92. The highest BCUT2D eigenvalue weighted by molar-refractivity contribution is 7.88. The van der Waals surface area contributed by atoms with Crippen LogP contribution in [0.4, 0.5) is 0 Å². The minimum absolute atomic E-state index is 0.194. The van der Waals surface area contributed by atoms with E-state index in [0.717, 1.165) is 12.8 Å². The van der Waals surface area contributed by atoms with Crippen molar-refractivity contribution in [2.45, 2.75) is 70.7 Å². The van der Waals surface area contributed by atoms with Crippen molar-refractivity contribution in [2.75, 3.05) is 12.8 Å². The molecule has 6 heteroatoms. The molecule has 1 saturated carbocycles. The fourth-order valence-corrected chi connectivity index (χ4v) is 4.31. The second-order valence-corrected chi connectivity index (χ2v) is 14.2. The largest absolute Gasteiger partial charge is 0.414 e. The van der Waals surface area contributed by atoms with Gasteiger partial charge in [0, 0.05) is 12.6 Å². The molecular formula is C14H31NO3SSi. The third-order valence-corrected chi connectivity index (χ3v) is 9.89. The lowest BCUT2D eigenvalue weighted by molar-refractivity contribution is 0.0815. The molecule has 2 unspecified atom stereocenters. The van der Waals surface area contributed by atoms with Crippen LogP contribution in [0.2, 0.25) is 18.1 Å². The summed E-state index contributed by atoms with van der Waals surface area (Å²) in [7, 11) is -4.90. The summed E-state index contributed by atoms with van der Waals surface area (Å²) >= 11 is 0. The Morgan fingerprint density at radius 3 is 2.25 bits per heavy atom. The van der Waals surface area contributed by atoms with Crippen molar-refractivity contribution in [3.8, 4) is 0 Å². The Labute approximate surface area is 125 Å². The molecule has 0 saturated heterocycles. The second kappa shape index (κ2) is 6.46. The molecule has 20 heavy (non-hydrogen) atoms. The van der Waals surface area contributed by atoms with E-state index in [9.17, 15) is 8.42 Å². The van der Waals surface area contributed by atoms with Crippen LogP contribution in [0.1, 0.15) is 46.5 Å². The molecular weight excluding hydrogens is 290 g/mol. The predicted molar refractivity (Wildman–Crippen MR) is 86.9 cm³/mol. The zero-order chi connectivity index (χ0) is 15.6. The van der Waals surface area contributed by atoms with E-state index in [1.165, 1.54) is 19.1 Å². The molecule has 1 aliphatic carbocycles. The molecule has 0 aromatic heterocycles. The van der Waals surface area contributed by atoms with Gasteiger partial charge >= 0.3 is 0 Å². The maximum absolute atomic E-state index is 11.3. The first-order valence-electron chi connectivity index (χ1n) is 7.55. The first kappa shape index (κ1) is 18.1. The second-order valence-electron chi connectivity index (χ2n) is 7.58. The van der Waals surface area contributed by atoms with Crippen molar-refractivity contribution in [1.82, 2.24) is 4.72 Å². The third-order valence-electron chi connectivity index (χ3n) is 4.70. The van der Waals surface area contributed by atoms with Crippen LogP contribution in [-0.2, 0) is 14.4 Å². The van der Waals surface area contributed by atoms with Gasteiger partial charge in [0.05, 0.1) is 6.26 Å². The van der Waals surface area contributed by atoms with E-state index in [-0.39, 0.29) is 11.1 Å². The predicted octanol–water partition coefficient (Wildman–Crippen LogP) is 3.12. The summed E-state index contributed by atoms with van der Waals surface area (Å²) in [5.41, 5.74) is 0. The lowest BCUT2D eigenvalue weighted by atomic mass is 9.87. The standard InChI is InChI=1S/C14H31NO3SSi/c1-14(2,3)20(5,6)18-13-10-8-7-9-12(13)11-15-19(4,16)17/h12-13,15H,7-11H2,1-6H3. The summed E-state index contributed by atoms with van der Waals surface area (Å²) in [4.78, 5) is 0. The van der Waals surface area contributed by atoms with Gasteiger partial charge < -0.3 is 4.43 Å². The quantitative estimate of drug-likeness (QED) is 0.792. The van der Waals surface area contributed by atoms with Crippen LogP contribution < -0.4 is 4.72 Å². The third kappa shape index (κ3) is 5.46. The van der Waals surface area contributed by atoms with Crippen LogP contribution in [0.15, 0.2) is 0 Å². The summed E-state index contributed by atoms with van der Waals surface area (Å²) in [6, 6.07) is 0. The van der Waals surface area contributed by atoms with Crippen molar-refractivity contribution in [1.29, 1.82) is 0 Å². The van der Waals surface area contributed by atoms with Crippen LogP contribution in [0, 0.1) is 5.92 Å². The Morgan fingerprint density at radius 1 is 1.20 bits per heavy atom. The van der Waals surface area contributed by atoms with Gasteiger partial charge in [0.25, 0.3) is 0 Å². The van der Waals surface area contributed by atoms with Crippen LogP contribution in [0.25, 0.3) is 0 Å². The fourth-order valence-electron chi connectivity index (χ4n) is 2.38. The highest BCUT2D eigenvalue weighted by atomic mass is 32.2. The van der Waals surface area contributed by atoms with Crippen molar-refractivity contribution in [3.05, 3.63) is 0 Å². The Bertz CT molecular complexity index is 415. The minimum Gasteiger partial charge on any atom is -0.414 e. The summed E-state index contributed by atoms with van der Waals surface area (Å²) in [6.07, 6.45) is 5.91. The van der Waals surface area contributed by atoms with Gasteiger partial charge in [-0.3, -0.25) is 0 Å². The maximum atomic E-state index is 11.3. The van der Waals surface area contributed by atoms with E-state index in [1.54, 1.807) is 0 Å². The van der Waals surface area contributed by atoms with E-state index >= 15 is 0 Å². The highest BCUT2D eigenvalue weighted by Gasteiger charge is 2.41. The molecule has 0 radical (unpaired) electrons. The maximum Gasteiger partial charge on any atom is 0.208 e.